The minimum Gasteiger partial charge on any atom is -0.483 e. The fraction of sp³-hybridized carbons (Fsp3) is 0.250. The molecular weight excluding hydrogens is 305 g/mol. The van der Waals surface area contributed by atoms with Gasteiger partial charge in [0.1, 0.15) is 11.6 Å². The maximum atomic E-state index is 13.6. The number of hydrogen-bond donors (Lipinski definition) is 0. The summed E-state index contributed by atoms with van der Waals surface area (Å²) in [5, 5.41) is 3.44. The van der Waals surface area contributed by atoms with E-state index in [2.05, 4.69) is 20.9 Å². The van der Waals surface area contributed by atoms with Crippen molar-refractivity contribution in [2.75, 3.05) is 0 Å². The zero-order valence-corrected chi connectivity index (χ0v) is 11.6. The zero-order valence-electron chi connectivity index (χ0n) is 9.24. The van der Waals surface area contributed by atoms with E-state index in [0.29, 0.717) is 11.9 Å². The fourth-order valence-corrected chi connectivity index (χ4v) is 2.38. The molecule has 0 fully saturated rings. The van der Waals surface area contributed by atoms with E-state index in [4.69, 9.17) is 4.74 Å². The molecule has 0 amide bonds. The molecule has 0 radical (unpaired) electrons. The molecule has 5 heteroatoms. The average Bonchev–Trinajstić information content (AvgIpc) is 2.73. The summed E-state index contributed by atoms with van der Waals surface area (Å²) in [4.78, 5) is 4.25. The molecule has 1 aromatic heterocycles. The molecule has 0 aliphatic heterocycles. The Hall–Kier alpha value is -0.940. The van der Waals surface area contributed by atoms with Crippen LogP contribution in [0.1, 0.15) is 16.3 Å². The molecule has 0 spiro atoms. The van der Waals surface area contributed by atoms with Crippen LogP contribution in [0.15, 0.2) is 23.6 Å². The van der Waals surface area contributed by atoms with Crippen LogP contribution >= 0.6 is 27.3 Å². The van der Waals surface area contributed by atoms with Gasteiger partial charge in [-0.15, -0.1) is 11.3 Å². The minimum atomic E-state index is -0.338. The molecule has 0 atom stereocenters. The van der Waals surface area contributed by atoms with Crippen LogP contribution in [0, 0.1) is 12.7 Å². The predicted octanol–water partition coefficient (Wildman–Crippen LogP) is 4.06. The Bertz CT molecular complexity index is 515. The van der Waals surface area contributed by atoms with Crippen molar-refractivity contribution in [2.45, 2.75) is 18.9 Å². The van der Waals surface area contributed by atoms with E-state index in [1.54, 1.807) is 6.07 Å². The molecule has 0 aliphatic carbocycles. The Morgan fingerprint density at radius 3 is 2.88 bits per heavy atom. The summed E-state index contributed by atoms with van der Waals surface area (Å²) in [6, 6.07) is 4.95. The summed E-state index contributed by atoms with van der Waals surface area (Å²) < 4.78 is 19.0. The van der Waals surface area contributed by atoms with Gasteiger partial charge in [-0.25, -0.2) is 9.37 Å². The number of rotatable bonds is 4. The molecule has 0 N–H and O–H groups in total. The van der Waals surface area contributed by atoms with E-state index in [1.165, 1.54) is 17.4 Å². The second kappa shape index (κ2) is 5.60. The molecule has 0 saturated carbocycles. The molecule has 17 heavy (non-hydrogen) atoms. The molecule has 2 nitrogen and oxygen atoms in total. The van der Waals surface area contributed by atoms with Crippen LogP contribution in [0.3, 0.4) is 0 Å². The largest absolute Gasteiger partial charge is 0.483 e. The fourth-order valence-electron chi connectivity index (χ4n) is 1.35. The summed E-state index contributed by atoms with van der Waals surface area (Å²) in [6.07, 6.45) is 0. The van der Waals surface area contributed by atoms with Gasteiger partial charge < -0.3 is 4.74 Å². The van der Waals surface area contributed by atoms with Crippen LogP contribution in [-0.2, 0) is 11.9 Å². The highest BCUT2D eigenvalue weighted by molar-refractivity contribution is 9.08. The number of nitrogens with zero attached hydrogens (tertiary/aromatic N) is 1. The van der Waals surface area contributed by atoms with Gasteiger partial charge in [0.05, 0.1) is 0 Å². The van der Waals surface area contributed by atoms with E-state index >= 15 is 0 Å². The molecule has 0 aliphatic rings. The van der Waals surface area contributed by atoms with Gasteiger partial charge in [0.2, 0.25) is 0 Å². The third-order valence-electron chi connectivity index (χ3n) is 2.17. The Labute approximate surface area is 112 Å². The van der Waals surface area contributed by atoms with Crippen molar-refractivity contribution in [1.82, 2.24) is 4.98 Å². The monoisotopic (exact) mass is 315 g/mol. The first kappa shape index (κ1) is 12.5. The van der Waals surface area contributed by atoms with E-state index in [1.807, 2.05) is 18.4 Å². The second-order valence-electron chi connectivity index (χ2n) is 3.57. The van der Waals surface area contributed by atoms with Crippen LogP contribution in [0.4, 0.5) is 4.39 Å². The molecule has 2 rings (SSSR count). The lowest BCUT2D eigenvalue weighted by Gasteiger charge is -2.06. The summed E-state index contributed by atoms with van der Waals surface area (Å²) in [6.45, 7) is 2.23. The highest BCUT2D eigenvalue weighted by atomic mass is 79.9. The van der Waals surface area contributed by atoms with Crippen LogP contribution in [0.5, 0.6) is 5.75 Å². The normalized spacial score (nSPS) is 10.5. The van der Waals surface area contributed by atoms with Crippen LogP contribution in [0.25, 0.3) is 0 Å². The van der Waals surface area contributed by atoms with E-state index in [9.17, 15) is 4.39 Å². The number of thiazole rings is 1. The maximum Gasteiger partial charge on any atom is 0.165 e. The van der Waals surface area contributed by atoms with Gasteiger partial charge in [0, 0.05) is 16.4 Å². The van der Waals surface area contributed by atoms with Crippen LogP contribution in [0.2, 0.25) is 0 Å². The van der Waals surface area contributed by atoms with Gasteiger partial charge in [-0.1, -0.05) is 22.0 Å². The van der Waals surface area contributed by atoms with Gasteiger partial charge in [-0.3, -0.25) is 0 Å². The quantitative estimate of drug-likeness (QED) is 0.794. The summed E-state index contributed by atoms with van der Waals surface area (Å²) in [5.74, 6) is -0.0715. The molecule has 90 valence electrons. The summed E-state index contributed by atoms with van der Waals surface area (Å²) in [5.41, 5.74) is 1.85. The van der Waals surface area contributed by atoms with Gasteiger partial charge in [-0.05, 0) is 24.6 Å². The minimum absolute atomic E-state index is 0.266. The third kappa shape index (κ3) is 3.26. The van der Waals surface area contributed by atoms with Crippen molar-refractivity contribution < 1.29 is 9.13 Å². The molecule has 0 unspecified atom stereocenters. The van der Waals surface area contributed by atoms with Crippen LogP contribution in [-0.4, -0.2) is 4.98 Å². The highest BCUT2D eigenvalue weighted by Gasteiger charge is 2.06. The van der Waals surface area contributed by atoms with Crippen molar-refractivity contribution in [2.24, 2.45) is 0 Å². The number of hydrogen-bond acceptors (Lipinski definition) is 3. The summed E-state index contributed by atoms with van der Waals surface area (Å²) >= 11 is 4.80. The van der Waals surface area contributed by atoms with Crippen molar-refractivity contribution in [3.8, 4) is 5.75 Å². The smallest absolute Gasteiger partial charge is 0.165 e. The third-order valence-corrected chi connectivity index (χ3v) is 3.76. The van der Waals surface area contributed by atoms with Crippen molar-refractivity contribution in [3.63, 3.8) is 0 Å². The topological polar surface area (TPSA) is 22.1 Å². The number of benzene rings is 1. The first-order valence-electron chi connectivity index (χ1n) is 5.07. The Balaban J connectivity index is 2.04. The number of halogens is 2. The number of aryl methyl sites for hydroxylation is 1. The van der Waals surface area contributed by atoms with Gasteiger partial charge in [-0.2, -0.15) is 0 Å². The van der Waals surface area contributed by atoms with E-state index < -0.39 is 0 Å². The number of ether oxygens (including phenoxy) is 1. The summed E-state index contributed by atoms with van der Waals surface area (Å²) in [7, 11) is 0. The maximum absolute atomic E-state index is 13.6. The predicted molar refractivity (Wildman–Crippen MR) is 70.2 cm³/mol. The Morgan fingerprint density at radius 1 is 1.47 bits per heavy atom. The number of aromatic nitrogens is 1. The van der Waals surface area contributed by atoms with Crippen molar-refractivity contribution in [3.05, 3.63) is 45.7 Å². The standard InChI is InChI=1S/C12H11BrFNOS/c1-8-7-17-12(15-8)6-16-11-3-2-9(5-13)4-10(11)14/h2-4,7H,5-6H2,1H3. The lowest BCUT2D eigenvalue weighted by atomic mass is 10.2. The van der Waals surface area contributed by atoms with Crippen molar-refractivity contribution in [1.29, 1.82) is 0 Å². The first-order chi connectivity index (χ1) is 8.19. The van der Waals surface area contributed by atoms with E-state index in [-0.39, 0.29) is 11.6 Å². The lowest BCUT2D eigenvalue weighted by Crippen LogP contribution is -1.97. The Kier molecular flexibility index (Phi) is 4.12. The average molecular weight is 316 g/mol. The first-order valence-corrected chi connectivity index (χ1v) is 7.07. The van der Waals surface area contributed by atoms with Crippen molar-refractivity contribution >= 4 is 27.3 Å². The van der Waals surface area contributed by atoms with Gasteiger partial charge in [0.15, 0.2) is 11.6 Å². The molecule has 1 aromatic carbocycles. The van der Waals surface area contributed by atoms with Gasteiger partial charge in [0.25, 0.3) is 0 Å². The van der Waals surface area contributed by atoms with Gasteiger partial charge >= 0.3 is 0 Å². The lowest BCUT2D eigenvalue weighted by molar-refractivity contribution is 0.289. The molecule has 0 bridgehead atoms. The molecule has 2 aromatic rings. The zero-order chi connectivity index (χ0) is 12.3. The highest BCUT2D eigenvalue weighted by Crippen LogP contribution is 2.21. The van der Waals surface area contributed by atoms with Crippen LogP contribution < -0.4 is 4.74 Å². The molecule has 0 saturated heterocycles. The molecule has 1 heterocycles. The van der Waals surface area contributed by atoms with E-state index in [0.717, 1.165) is 16.3 Å². The number of alkyl halides is 1. The second-order valence-corrected chi connectivity index (χ2v) is 5.07. The SMILES string of the molecule is Cc1csc(COc2ccc(CBr)cc2F)n1. The molecular formula is C12H11BrFNOS. The Morgan fingerprint density at radius 2 is 2.29 bits per heavy atom.